The maximum absolute atomic E-state index is 12.0. The third-order valence-electron chi connectivity index (χ3n) is 2.85. The number of rotatable bonds is 6. The molecule has 0 aliphatic carbocycles. The summed E-state index contributed by atoms with van der Waals surface area (Å²) in [4.78, 5) is 24.1. The molecule has 0 fully saturated rings. The van der Waals surface area contributed by atoms with Gasteiger partial charge in [0.15, 0.2) is 5.75 Å². The summed E-state index contributed by atoms with van der Waals surface area (Å²) in [7, 11) is 1.51. The normalized spacial score (nSPS) is 11.7. The number of anilines is 1. The number of carbonyl (C=O) groups is 2. The van der Waals surface area contributed by atoms with Gasteiger partial charge in [-0.3, -0.25) is 4.79 Å². The minimum Gasteiger partial charge on any atom is -0.491 e. The average Bonchev–Trinajstić information content (AvgIpc) is 2.42. The number of hydrogen-bond acceptors (Lipinski definition) is 3. The highest BCUT2D eigenvalue weighted by Crippen LogP contribution is 2.36. The van der Waals surface area contributed by atoms with Crippen LogP contribution in [0.25, 0.3) is 0 Å². The Kier molecular flexibility index (Phi) is 6.77. The molecule has 0 spiro atoms. The Morgan fingerprint density at radius 2 is 1.91 bits per heavy atom. The van der Waals surface area contributed by atoms with Gasteiger partial charge in [0, 0.05) is 19.3 Å². The van der Waals surface area contributed by atoms with Gasteiger partial charge in [-0.15, -0.1) is 0 Å². The van der Waals surface area contributed by atoms with E-state index in [1.54, 1.807) is 6.92 Å². The SMILES string of the molecule is CCOc1c(Cl)cc(NC(=O)N(C)CC(C)C(=O)O)cc1Cl. The van der Waals surface area contributed by atoms with E-state index in [4.69, 9.17) is 33.0 Å². The van der Waals surface area contributed by atoms with Crippen molar-refractivity contribution in [3.05, 3.63) is 22.2 Å². The Balaban J connectivity index is 2.78. The van der Waals surface area contributed by atoms with Crippen molar-refractivity contribution in [2.45, 2.75) is 13.8 Å². The lowest BCUT2D eigenvalue weighted by molar-refractivity contribution is -0.141. The van der Waals surface area contributed by atoms with Gasteiger partial charge in [0.1, 0.15) is 0 Å². The fourth-order valence-electron chi connectivity index (χ4n) is 1.70. The third-order valence-corrected chi connectivity index (χ3v) is 3.42. The molecule has 0 aliphatic heterocycles. The highest BCUT2D eigenvalue weighted by Gasteiger charge is 2.18. The lowest BCUT2D eigenvalue weighted by Crippen LogP contribution is -2.36. The first-order valence-corrected chi connectivity index (χ1v) is 7.38. The van der Waals surface area contributed by atoms with Crippen LogP contribution in [0.3, 0.4) is 0 Å². The molecule has 8 heteroatoms. The molecule has 0 saturated heterocycles. The molecule has 0 aromatic heterocycles. The largest absolute Gasteiger partial charge is 0.491 e. The molecular formula is C14H18Cl2N2O4. The van der Waals surface area contributed by atoms with Crippen LogP contribution in [-0.2, 0) is 4.79 Å². The van der Waals surface area contributed by atoms with E-state index >= 15 is 0 Å². The molecule has 1 unspecified atom stereocenters. The monoisotopic (exact) mass is 348 g/mol. The summed E-state index contributed by atoms with van der Waals surface area (Å²) in [6.07, 6.45) is 0. The lowest BCUT2D eigenvalue weighted by atomic mass is 10.2. The van der Waals surface area contributed by atoms with Gasteiger partial charge in [0.05, 0.1) is 22.6 Å². The topological polar surface area (TPSA) is 78.9 Å². The van der Waals surface area contributed by atoms with E-state index in [0.717, 1.165) is 0 Å². The molecule has 2 N–H and O–H groups in total. The van der Waals surface area contributed by atoms with Crippen molar-refractivity contribution in [3.8, 4) is 5.75 Å². The highest BCUT2D eigenvalue weighted by atomic mass is 35.5. The number of ether oxygens (including phenoxy) is 1. The zero-order valence-corrected chi connectivity index (χ0v) is 14.0. The standard InChI is InChI=1S/C14H18Cl2N2O4/c1-4-22-12-10(15)5-9(6-11(12)16)17-14(21)18(3)7-8(2)13(19)20/h5-6,8H,4,7H2,1-3H3,(H,17,21)(H,19,20). The number of carboxylic acids is 1. The number of benzene rings is 1. The zero-order valence-electron chi connectivity index (χ0n) is 12.5. The summed E-state index contributed by atoms with van der Waals surface area (Å²) in [5.41, 5.74) is 0.401. The van der Waals surface area contributed by atoms with E-state index in [1.165, 1.54) is 31.0 Å². The first kappa shape index (κ1) is 18.4. The van der Waals surface area contributed by atoms with E-state index in [1.807, 2.05) is 0 Å². The smallest absolute Gasteiger partial charge is 0.321 e. The highest BCUT2D eigenvalue weighted by molar-refractivity contribution is 6.37. The van der Waals surface area contributed by atoms with Crippen molar-refractivity contribution in [1.82, 2.24) is 4.90 Å². The van der Waals surface area contributed by atoms with Crippen molar-refractivity contribution in [3.63, 3.8) is 0 Å². The maximum Gasteiger partial charge on any atom is 0.321 e. The Bertz CT molecular complexity index is 543. The molecule has 0 heterocycles. The number of urea groups is 1. The van der Waals surface area contributed by atoms with Crippen LogP contribution in [0.2, 0.25) is 10.0 Å². The molecule has 0 bridgehead atoms. The van der Waals surface area contributed by atoms with E-state index in [9.17, 15) is 9.59 Å². The van der Waals surface area contributed by atoms with Gasteiger partial charge in [0.2, 0.25) is 0 Å². The fraction of sp³-hybridized carbons (Fsp3) is 0.429. The van der Waals surface area contributed by atoms with Crippen LogP contribution in [0, 0.1) is 5.92 Å². The zero-order chi connectivity index (χ0) is 16.9. The van der Waals surface area contributed by atoms with Gasteiger partial charge in [-0.2, -0.15) is 0 Å². The first-order chi connectivity index (χ1) is 10.3. The number of nitrogens with one attached hydrogen (secondary N) is 1. The molecule has 0 radical (unpaired) electrons. The predicted molar refractivity (Wildman–Crippen MR) is 86.1 cm³/mol. The molecule has 1 aromatic rings. The predicted octanol–water partition coefficient (Wildman–Crippen LogP) is 3.58. The molecular weight excluding hydrogens is 331 g/mol. The second-order valence-electron chi connectivity index (χ2n) is 4.75. The second-order valence-corrected chi connectivity index (χ2v) is 5.57. The van der Waals surface area contributed by atoms with E-state index in [2.05, 4.69) is 5.32 Å². The van der Waals surface area contributed by atoms with Crippen LogP contribution in [0.15, 0.2) is 12.1 Å². The van der Waals surface area contributed by atoms with Crippen molar-refractivity contribution < 1.29 is 19.4 Å². The fourth-order valence-corrected chi connectivity index (χ4v) is 2.30. The minimum absolute atomic E-state index is 0.0830. The molecule has 0 saturated carbocycles. The Hall–Kier alpha value is -1.66. The first-order valence-electron chi connectivity index (χ1n) is 6.63. The molecule has 2 amide bonds. The summed E-state index contributed by atoms with van der Waals surface area (Å²) in [5, 5.41) is 12.0. The Morgan fingerprint density at radius 1 is 1.36 bits per heavy atom. The van der Waals surface area contributed by atoms with E-state index in [0.29, 0.717) is 18.0 Å². The number of carbonyl (C=O) groups excluding carboxylic acids is 1. The number of amides is 2. The van der Waals surface area contributed by atoms with Gasteiger partial charge in [-0.25, -0.2) is 4.79 Å². The number of nitrogens with zero attached hydrogens (tertiary/aromatic N) is 1. The summed E-state index contributed by atoms with van der Waals surface area (Å²) in [6, 6.07) is 2.58. The molecule has 1 atom stereocenters. The number of hydrogen-bond donors (Lipinski definition) is 2. The summed E-state index contributed by atoms with van der Waals surface area (Å²) in [5.74, 6) is -1.27. The van der Waals surface area contributed by atoms with E-state index in [-0.39, 0.29) is 16.6 Å². The second kappa shape index (κ2) is 8.10. The van der Waals surface area contributed by atoms with Crippen molar-refractivity contribution in [1.29, 1.82) is 0 Å². The van der Waals surface area contributed by atoms with Crippen molar-refractivity contribution in [2.75, 3.05) is 25.5 Å². The van der Waals surface area contributed by atoms with Gasteiger partial charge < -0.3 is 20.1 Å². The molecule has 1 aromatic carbocycles. The Labute approximate surface area is 138 Å². The van der Waals surface area contributed by atoms with Crippen molar-refractivity contribution in [2.24, 2.45) is 5.92 Å². The van der Waals surface area contributed by atoms with Gasteiger partial charge in [-0.1, -0.05) is 30.1 Å². The van der Waals surface area contributed by atoms with Crippen LogP contribution < -0.4 is 10.1 Å². The molecule has 0 aliphatic rings. The van der Waals surface area contributed by atoms with E-state index < -0.39 is 17.9 Å². The molecule has 1 rings (SSSR count). The minimum atomic E-state index is -0.966. The van der Waals surface area contributed by atoms with Crippen molar-refractivity contribution >= 4 is 40.9 Å². The molecule has 22 heavy (non-hydrogen) atoms. The Morgan fingerprint density at radius 3 is 2.36 bits per heavy atom. The van der Waals surface area contributed by atoms with Crippen LogP contribution in [0.1, 0.15) is 13.8 Å². The molecule has 122 valence electrons. The summed E-state index contributed by atoms with van der Waals surface area (Å²) >= 11 is 12.1. The quantitative estimate of drug-likeness (QED) is 0.823. The molecule has 6 nitrogen and oxygen atoms in total. The number of halogens is 2. The maximum atomic E-state index is 12.0. The lowest BCUT2D eigenvalue weighted by Gasteiger charge is -2.20. The number of aliphatic carboxylic acids is 1. The van der Waals surface area contributed by atoms with Crippen LogP contribution in [-0.4, -0.2) is 42.2 Å². The van der Waals surface area contributed by atoms with Gasteiger partial charge in [-0.05, 0) is 19.1 Å². The van der Waals surface area contributed by atoms with Gasteiger partial charge in [0.25, 0.3) is 0 Å². The van der Waals surface area contributed by atoms with Crippen LogP contribution in [0.4, 0.5) is 10.5 Å². The van der Waals surface area contributed by atoms with Crippen LogP contribution in [0.5, 0.6) is 5.75 Å². The number of carboxylic acid groups (broad SMARTS) is 1. The van der Waals surface area contributed by atoms with Crippen LogP contribution >= 0.6 is 23.2 Å². The summed E-state index contributed by atoms with van der Waals surface area (Å²) in [6.45, 7) is 3.83. The van der Waals surface area contributed by atoms with Gasteiger partial charge >= 0.3 is 12.0 Å². The summed E-state index contributed by atoms with van der Waals surface area (Å²) < 4.78 is 5.30. The third kappa shape index (κ3) is 4.96. The average molecular weight is 349 g/mol.